The molecule has 0 radical (unpaired) electrons. The smallest absolute Gasteiger partial charge is 0.268 e. The summed E-state index contributed by atoms with van der Waals surface area (Å²) >= 11 is 7.28. The van der Waals surface area contributed by atoms with Crippen molar-refractivity contribution < 1.29 is 0 Å². The highest BCUT2D eigenvalue weighted by Gasteiger charge is 2.12. The maximum Gasteiger partial charge on any atom is 0.344 e. The fourth-order valence-electron chi connectivity index (χ4n) is 1.11. The molecule has 1 aromatic heterocycles. The monoisotopic (exact) mass is 249 g/mol. The number of alkyl halides is 1. The van der Waals surface area contributed by atoms with Crippen LogP contribution in [0.4, 0.5) is 0 Å². The van der Waals surface area contributed by atoms with Gasteiger partial charge in [0.1, 0.15) is 0 Å². The lowest BCUT2D eigenvalue weighted by Gasteiger charge is -2.10. The largest absolute Gasteiger partial charge is 0.344 e. The number of aromatic nitrogens is 3. The fraction of sp³-hybridized carbons (Fsp3) is 0.778. The number of hydrogen-bond acceptors (Lipinski definition) is 3. The minimum absolute atomic E-state index is 0.130. The third-order valence-electron chi connectivity index (χ3n) is 1.95. The summed E-state index contributed by atoms with van der Waals surface area (Å²) < 4.78 is 1.66. The lowest BCUT2D eigenvalue weighted by Crippen LogP contribution is -2.19. The van der Waals surface area contributed by atoms with Crippen LogP contribution in [0.1, 0.15) is 26.8 Å². The molecule has 1 N–H and O–H groups in total. The van der Waals surface area contributed by atoms with Crippen LogP contribution in [0.2, 0.25) is 0 Å². The Kier molecular flexibility index (Phi) is 4.73. The zero-order valence-corrected chi connectivity index (χ0v) is 10.7. The van der Waals surface area contributed by atoms with Crippen molar-refractivity contribution in [1.82, 2.24) is 14.8 Å². The summed E-state index contributed by atoms with van der Waals surface area (Å²) in [4.78, 5) is 11.4. The van der Waals surface area contributed by atoms with E-state index in [9.17, 15) is 4.79 Å². The molecule has 1 unspecified atom stereocenters. The molecule has 4 nitrogen and oxygen atoms in total. The van der Waals surface area contributed by atoms with Gasteiger partial charge in [0.15, 0.2) is 5.16 Å². The van der Waals surface area contributed by atoms with Crippen molar-refractivity contribution in [3.8, 4) is 0 Å². The van der Waals surface area contributed by atoms with Gasteiger partial charge in [-0.2, -0.15) is 0 Å². The number of rotatable bonds is 5. The van der Waals surface area contributed by atoms with Gasteiger partial charge in [0.2, 0.25) is 0 Å². The molecule has 0 aromatic carbocycles. The van der Waals surface area contributed by atoms with Gasteiger partial charge in [0.05, 0.1) is 0 Å². The second-order valence-corrected chi connectivity index (χ2v) is 5.14. The Bertz CT molecular complexity index is 360. The molecule has 0 fully saturated rings. The molecule has 0 bridgehead atoms. The second-order valence-electron chi connectivity index (χ2n) is 3.85. The molecule has 1 heterocycles. The van der Waals surface area contributed by atoms with Crippen LogP contribution in [-0.2, 0) is 0 Å². The molecule has 0 aliphatic heterocycles. The van der Waals surface area contributed by atoms with Crippen LogP contribution < -0.4 is 5.69 Å². The lowest BCUT2D eigenvalue weighted by atomic mass is 10.3. The first-order valence-electron chi connectivity index (χ1n) is 4.92. The number of hydrogen-bond donors (Lipinski definition) is 1. The molecule has 6 heteroatoms. The Morgan fingerprint density at radius 2 is 2.20 bits per heavy atom. The van der Waals surface area contributed by atoms with E-state index in [1.165, 1.54) is 0 Å². The Labute approximate surface area is 98.4 Å². The van der Waals surface area contributed by atoms with Crippen molar-refractivity contribution in [2.75, 3.05) is 11.6 Å². The first kappa shape index (κ1) is 12.6. The summed E-state index contributed by atoms with van der Waals surface area (Å²) in [6, 6.07) is 0.130. The molecule has 0 saturated carbocycles. The molecule has 1 atom stereocenters. The van der Waals surface area contributed by atoms with E-state index < -0.39 is 0 Å². The standard InChI is InChI=1S/C9H16ClN3OS/c1-6(2)13-8(14)11-12-9(13)15-5-7(3)4-10/h6-7H,4-5H2,1-3H3,(H,11,14). The van der Waals surface area contributed by atoms with Crippen molar-refractivity contribution in [3.05, 3.63) is 10.5 Å². The van der Waals surface area contributed by atoms with Gasteiger partial charge in [-0.3, -0.25) is 4.57 Å². The lowest BCUT2D eigenvalue weighted by molar-refractivity contribution is 0.533. The number of nitrogens with one attached hydrogen (secondary N) is 1. The van der Waals surface area contributed by atoms with Crippen molar-refractivity contribution in [2.45, 2.75) is 32.0 Å². The highest BCUT2D eigenvalue weighted by molar-refractivity contribution is 7.99. The average Bonchev–Trinajstić information content (AvgIpc) is 2.56. The van der Waals surface area contributed by atoms with Gasteiger partial charge in [-0.15, -0.1) is 16.7 Å². The molecule has 86 valence electrons. The highest BCUT2D eigenvalue weighted by Crippen LogP contribution is 2.19. The van der Waals surface area contributed by atoms with Crippen molar-refractivity contribution in [3.63, 3.8) is 0 Å². The van der Waals surface area contributed by atoms with Gasteiger partial charge in [0, 0.05) is 17.7 Å². The molecular weight excluding hydrogens is 234 g/mol. The molecule has 0 spiro atoms. The minimum atomic E-state index is -0.147. The van der Waals surface area contributed by atoms with Gasteiger partial charge >= 0.3 is 5.69 Å². The van der Waals surface area contributed by atoms with E-state index in [0.717, 1.165) is 10.9 Å². The summed E-state index contributed by atoms with van der Waals surface area (Å²) in [6.07, 6.45) is 0. The van der Waals surface area contributed by atoms with Crippen molar-refractivity contribution in [1.29, 1.82) is 0 Å². The Balaban J connectivity index is 2.73. The zero-order valence-electron chi connectivity index (χ0n) is 9.16. The highest BCUT2D eigenvalue weighted by atomic mass is 35.5. The van der Waals surface area contributed by atoms with Crippen LogP contribution in [0.25, 0.3) is 0 Å². The van der Waals surface area contributed by atoms with Gasteiger partial charge in [0.25, 0.3) is 0 Å². The average molecular weight is 250 g/mol. The molecule has 0 amide bonds. The van der Waals surface area contributed by atoms with Crippen LogP contribution in [0.15, 0.2) is 9.95 Å². The number of nitrogens with zero attached hydrogens (tertiary/aromatic N) is 2. The molecule has 1 aromatic rings. The Morgan fingerprint density at radius 3 is 2.73 bits per heavy atom. The number of thioether (sulfide) groups is 1. The van der Waals surface area contributed by atoms with Gasteiger partial charge in [-0.1, -0.05) is 18.7 Å². The predicted octanol–water partition coefficient (Wildman–Crippen LogP) is 2.12. The fourth-order valence-corrected chi connectivity index (χ4v) is 2.44. The summed E-state index contributed by atoms with van der Waals surface area (Å²) in [5, 5.41) is 7.20. The number of aromatic amines is 1. The third-order valence-corrected chi connectivity index (χ3v) is 3.76. The SMILES string of the molecule is CC(CCl)CSc1n[nH]c(=O)n1C(C)C. The second kappa shape index (κ2) is 5.61. The molecule has 0 aliphatic rings. The molecule has 0 saturated heterocycles. The van der Waals surface area contributed by atoms with Gasteiger partial charge in [-0.05, 0) is 19.8 Å². The normalized spacial score (nSPS) is 13.4. The Hall–Kier alpha value is -0.420. The van der Waals surface area contributed by atoms with Crippen LogP contribution >= 0.6 is 23.4 Å². The summed E-state index contributed by atoms with van der Waals surface area (Å²) in [7, 11) is 0. The minimum Gasteiger partial charge on any atom is -0.268 e. The van der Waals surface area contributed by atoms with E-state index in [2.05, 4.69) is 17.1 Å². The maximum absolute atomic E-state index is 11.4. The first-order chi connectivity index (χ1) is 7.06. The number of halogens is 1. The van der Waals surface area contributed by atoms with Crippen LogP contribution in [0, 0.1) is 5.92 Å². The first-order valence-corrected chi connectivity index (χ1v) is 6.44. The van der Waals surface area contributed by atoms with E-state index in [0.29, 0.717) is 11.8 Å². The van der Waals surface area contributed by atoms with Crippen LogP contribution in [-0.4, -0.2) is 26.4 Å². The van der Waals surface area contributed by atoms with Gasteiger partial charge < -0.3 is 0 Å². The molecule has 1 rings (SSSR count). The number of H-pyrrole nitrogens is 1. The van der Waals surface area contributed by atoms with Crippen molar-refractivity contribution >= 4 is 23.4 Å². The van der Waals surface area contributed by atoms with Crippen molar-refractivity contribution in [2.24, 2.45) is 5.92 Å². The molecular formula is C9H16ClN3OS. The third kappa shape index (κ3) is 3.28. The molecule has 15 heavy (non-hydrogen) atoms. The predicted molar refractivity (Wildman–Crippen MR) is 63.8 cm³/mol. The summed E-state index contributed by atoms with van der Waals surface area (Å²) in [6.45, 7) is 6.00. The van der Waals surface area contributed by atoms with E-state index >= 15 is 0 Å². The van der Waals surface area contributed by atoms with Gasteiger partial charge in [-0.25, -0.2) is 9.89 Å². The summed E-state index contributed by atoms with van der Waals surface area (Å²) in [5.74, 6) is 1.92. The quantitative estimate of drug-likeness (QED) is 0.643. The topological polar surface area (TPSA) is 50.7 Å². The maximum atomic E-state index is 11.4. The molecule has 0 aliphatic carbocycles. The van der Waals surface area contributed by atoms with E-state index in [4.69, 9.17) is 11.6 Å². The summed E-state index contributed by atoms with van der Waals surface area (Å²) in [5.41, 5.74) is -0.147. The van der Waals surface area contributed by atoms with Crippen LogP contribution in [0.3, 0.4) is 0 Å². The van der Waals surface area contributed by atoms with E-state index in [-0.39, 0.29) is 11.7 Å². The zero-order chi connectivity index (χ0) is 11.4. The van der Waals surface area contributed by atoms with E-state index in [1.807, 2.05) is 13.8 Å². The van der Waals surface area contributed by atoms with E-state index in [1.54, 1.807) is 16.3 Å². The van der Waals surface area contributed by atoms with Crippen LogP contribution in [0.5, 0.6) is 0 Å². The Morgan fingerprint density at radius 1 is 1.53 bits per heavy atom.